The van der Waals surface area contributed by atoms with Gasteiger partial charge in [0.25, 0.3) is 0 Å². The van der Waals surface area contributed by atoms with E-state index in [0.717, 1.165) is 11.8 Å². The lowest BCUT2D eigenvalue weighted by molar-refractivity contribution is 0.0960. The molecule has 0 bridgehead atoms. The largest absolute Gasteiger partial charge is 0.490 e. The smallest absolute Gasteiger partial charge is 0.122 e. The summed E-state index contributed by atoms with van der Waals surface area (Å²) in [6.45, 7) is 6.72. The van der Waals surface area contributed by atoms with Gasteiger partial charge < -0.3 is 9.64 Å². The average Bonchev–Trinajstić information content (AvgIpc) is 3.18. The SMILES string of the molecule is Cc1ccc(OC2CCN(C3CC3)CC2)c(C)c1. The van der Waals surface area contributed by atoms with E-state index < -0.39 is 0 Å². The lowest BCUT2D eigenvalue weighted by Crippen LogP contribution is -2.39. The Kier molecular flexibility index (Phi) is 3.29. The molecule has 1 aromatic rings. The van der Waals surface area contributed by atoms with Crippen LogP contribution in [0.1, 0.15) is 36.8 Å². The van der Waals surface area contributed by atoms with E-state index in [0.29, 0.717) is 6.10 Å². The Morgan fingerprint density at radius 3 is 2.39 bits per heavy atom. The molecule has 1 aliphatic carbocycles. The average molecular weight is 245 g/mol. The Bertz CT molecular complexity index is 417. The van der Waals surface area contributed by atoms with Crippen LogP contribution >= 0.6 is 0 Å². The zero-order chi connectivity index (χ0) is 12.5. The van der Waals surface area contributed by atoms with Crippen LogP contribution in [0.4, 0.5) is 0 Å². The monoisotopic (exact) mass is 245 g/mol. The molecule has 0 N–H and O–H groups in total. The van der Waals surface area contributed by atoms with E-state index in [2.05, 4.69) is 36.9 Å². The molecule has 0 amide bonds. The topological polar surface area (TPSA) is 12.5 Å². The Hall–Kier alpha value is -1.02. The third kappa shape index (κ3) is 2.69. The van der Waals surface area contributed by atoms with Crippen LogP contribution in [-0.2, 0) is 0 Å². The number of aryl methyl sites for hydroxylation is 2. The van der Waals surface area contributed by atoms with Crippen LogP contribution in [0.5, 0.6) is 5.75 Å². The van der Waals surface area contributed by atoms with Gasteiger partial charge in [-0.1, -0.05) is 17.7 Å². The Morgan fingerprint density at radius 1 is 1.06 bits per heavy atom. The molecule has 0 unspecified atom stereocenters. The van der Waals surface area contributed by atoms with Crippen LogP contribution < -0.4 is 4.74 Å². The van der Waals surface area contributed by atoms with Gasteiger partial charge in [0.15, 0.2) is 0 Å². The van der Waals surface area contributed by atoms with Gasteiger partial charge in [-0.25, -0.2) is 0 Å². The molecule has 2 fully saturated rings. The second kappa shape index (κ2) is 4.93. The highest BCUT2D eigenvalue weighted by Gasteiger charge is 2.32. The molecular formula is C16H23NO. The third-order valence-electron chi connectivity index (χ3n) is 4.16. The van der Waals surface area contributed by atoms with Crippen molar-refractivity contribution in [2.45, 2.75) is 51.7 Å². The standard InChI is InChI=1S/C16H23NO/c1-12-3-6-16(13(2)11-12)18-15-7-9-17(10-8-15)14-4-5-14/h3,6,11,14-15H,4-5,7-10H2,1-2H3. The van der Waals surface area contributed by atoms with Crippen molar-refractivity contribution in [3.8, 4) is 5.75 Å². The first kappa shape index (κ1) is 12.0. The van der Waals surface area contributed by atoms with Crippen molar-refractivity contribution in [3.05, 3.63) is 29.3 Å². The highest BCUT2D eigenvalue weighted by molar-refractivity contribution is 5.35. The molecule has 3 rings (SSSR count). The molecule has 0 aromatic heterocycles. The van der Waals surface area contributed by atoms with Crippen LogP contribution in [0.25, 0.3) is 0 Å². The Morgan fingerprint density at radius 2 is 1.78 bits per heavy atom. The van der Waals surface area contributed by atoms with Crippen molar-refractivity contribution in [1.82, 2.24) is 4.90 Å². The molecule has 1 saturated carbocycles. The van der Waals surface area contributed by atoms with E-state index in [1.165, 1.54) is 49.9 Å². The molecule has 0 spiro atoms. The number of ether oxygens (including phenoxy) is 1. The number of benzene rings is 1. The van der Waals surface area contributed by atoms with Gasteiger partial charge in [0, 0.05) is 19.1 Å². The maximum absolute atomic E-state index is 6.16. The summed E-state index contributed by atoms with van der Waals surface area (Å²) >= 11 is 0. The minimum atomic E-state index is 0.418. The summed E-state index contributed by atoms with van der Waals surface area (Å²) in [6.07, 6.45) is 5.63. The molecule has 18 heavy (non-hydrogen) atoms. The van der Waals surface area contributed by atoms with Crippen LogP contribution in [0.2, 0.25) is 0 Å². The van der Waals surface area contributed by atoms with Crippen molar-refractivity contribution in [2.75, 3.05) is 13.1 Å². The molecule has 0 radical (unpaired) electrons. The number of nitrogens with zero attached hydrogens (tertiary/aromatic N) is 1. The van der Waals surface area contributed by atoms with Gasteiger partial charge in [-0.3, -0.25) is 0 Å². The van der Waals surface area contributed by atoms with Crippen molar-refractivity contribution < 1.29 is 4.74 Å². The minimum Gasteiger partial charge on any atom is -0.490 e. The van der Waals surface area contributed by atoms with Crippen LogP contribution in [0, 0.1) is 13.8 Å². The molecule has 2 aliphatic rings. The van der Waals surface area contributed by atoms with Crippen LogP contribution in [0.3, 0.4) is 0 Å². The molecule has 2 heteroatoms. The van der Waals surface area contributed by atoms with Crippen LogP contribution in [-0.4, -0.2) is 30.1 Å². The number of hydrogen-bond donors (Lipinski definition) is 0. The van der Waals surface area contributed by atoms with Crippen molar-refractivity contribution >= 4 is 0 Å². The third-order valence-corrected chi connectivity index (χ3v) is 4.16. The molecule has 2 nitrogen and oxygen atoms in total. The number of likely N-dealkylation sites (tertiary alicyclic amines) is 1. The van der Waals surface area contributed by atoms with Gasteiger partial charge in [-0.05, 0) is 51.2 Å². The van der Waals surface area contributed by atoms with Crippen LogP contribution in [0.15, 0.2) is 18.2 Å². The fourth-order valence-corrected chi connectivity index (χ4v) is 2.91. The summed E-state index contributed by atoms with van der Waals surface area (Å²) in [6, 6.07) is 7.38. The fraction of sp³-hybridized carbons (Fsp3) is 0.625. The second-order valence-electron chi connectivity index (χ2n) is 5.85. The molecule has 1 heterocycles. The Balaban J connectivity index is 1.56. The van der Waals surface area contributed by atoms with Crippen molar-refractivity contribution in [3.63, 3.8) is 0 Å². The molecular weight excluding hydrogens is 222 g/mol. The normalized spacial score (nSPS) is 22.1. The summed E-state index contributed by atoms with van der Waals surface area (Å²) in [4.78, 5) is 2.64. The number of hydrogen-bond acceptors (Lipinski definition) is 2. The maximum Gasteiger partial charge on any atom is 0.122 e. The van der Waals surface area contributed by atoms with Gasteiger partial charge in [0.05, 0.1) is 0 Å². The zero-order valence-corrected chi connectivity index (χ0v) is 11.5. The first-order valence-corrected chi connectivity index (χ1v) is 7.20. The quantitative estimate of drug-likeness (QED) is 0.810. The van der Waals surface area contributed by atoms with E-state index in [-0.39, 0.29) is 0 Å². The number of piperidine rings is 1. The zero-order valence-electron chi connectivity index (χ0n) is 11.5. The van der Waals surface area contributed by atoms with Gasteiger partial charge >= 0.3 is 0 Å². The predicted octanol–water partition coefficient (Wildman–Crippen LogP) is 3.31. The summed E-state index contributed by atoms with van der Waals surface area (Å²) in [5.41, 5.74) is 2.57. The van der Waals surface area contributed by atoms with Crippen molar-refractivity contribution in [1.29, 1.82) is 0 Å². The van der Waals surface area contributed by atoms with E-state index in [4.69, 9.17) is 4.74 Å². The van der Waals surface area contributed by atoms with Gasteiger partial charge in [-0.15, -0.1) is 0 Å². The highest BCUT2D eigenvalue weighted by Crippen LogP contribution is 2.30. The second-order valence-corrected chi connectivity index (χ2v) is 5.85. The van der Waals surface area contributed by atoms with Crippen molar-refractivity contribution in [2.24, 2.45) is 0 Å². The predicted molar refractivity (Wildman–Crippen MR) is 74.2 cm³/mol. The van der Waals surface area contributed by atoms with Gasteiger partial charge in [-0.2, -0.15) is 0 Å². The van der Waals surface area contributed by atoms with Gasteiger partial charge in [0.1, 0.15) is 11.9 Å². The lowest BCUT2D eigenvalue weighted by Gasteiger charge is -2.32. The first-order valence-electron chi connectivity index (χ1n) is 7.20. The first-order chi connectivity index (χ1) is 8.72. The van der Waals surface area contributed by atoms with E-state index in [1.807, 2.05) is 0 Å². The van der Waals surface area contributed by atoms with E-state index >= 15 is 0 Å². The number of rotatable bonds is 3. The fourth-order valence-electron chi connectivity index (χ4n) is 2.91. The van der Waals surface area contributed by atoms with Gasteiger partial charge in [0.2, 0.25) is 0 Å². The maximum atomic E-state index is 6.16. The highest BCUT2D eigenvalue weighted by atomic mass is 16.5. The van der Waals surface area contributed by atoms with E-state index in [9.17, 15) is 0 Å². The lowest BCUT2D eigenvalue weighted by atomic mass is 10.1. The van der Waals surface area contributed by atoms with E-state index in [1.54, 1.807) is 0 Å². The molecule has 0 atom stereocenters. The molecule has 1 saturated heterocycles. The summed E-state index contributed by atoms with van der Waals surface area (Å²) in [5.74, 6) is 1.07. The Labute approximate surface area is 110 Å². The minimum absolute atomic E-state index is 0.418. The molecule has 98 valence electrons. The summed E-state index contributed by atoms with van der Waals surface area (Å²) < 4.78 is 6.16. The summed E-state index contributed by atoms with van der Waals surface area (Å²) in [7, 11) is 0. The molecule has 1 aromatic carbocycles. The summed E-state index contributed by atoms with van der Waals surface area (Å²) in [5, 5.41) is 0. The molecule has 1 aliphatic heterocycles.